The van der Waals surface area contributed by atoms with Crippen LogP contribution in [0.4, 0.5) is 32.3 Å². The van der Waals surface area contributed by atoms with E-state index in [1.54, 1.807) is 30.7 Å². The second-order valence-electron chi connectivity index (χ2n) is 10.4. The second-order valence-corrected chi connectivity index (χ2v) is 10.4. The monoisotopic (exact) mass is 634 g/mol. The number of alkyl halides is 6. The van der Waals surface area contributed by atoms with Gasteiger partial charge in [0.1, 0.15) is 5.69 Å². The summed E-state index contributed by atoms with van der Waals surface area (Å²) in [7, 11) is 1.90. The molecular formula is C26H28F6N6O6. The van der Waals surface area contributed by atoms with Gasteiger partial charge in [0, 0.05) is 63.8 Å². The number of fused-ring (bicyclic) bond motifs is 1. The van der Waals surface area contributed by atoms with Crippen LogP contribution in [0.3, 0.4) is 0 Å². The summed E-state index contributed by atoms with van der Waals surface area (Å²) in [5.74, 6) is -4.64. The Balaban J connectivity index is 0.000000317. The zero-order chi connectivity index (χ0) is 32.9. The summed E-state index contributed by atoms with van der Waals surface area (Å²) in [6.45, 7) is 3.45. The molecule has 5 rings (SSSR count). The van der Waals surface area contributed by atoms with E-state index in [1.165, 1.54) is 0 Å². The number of hydrogen-bond acceptors (Lipinski definition) is 8. The minimum atomic E-state index is -5.08. The Hall–Kier alpha value is -4.51. The van der Waals surface area contributed by atoms with Crippen molar-refractivity contribution in [2.75, 3.05) is 44.7 Å². The summed E-state index contributed by atoms with van der Waals surface area (Å²) in [6.07, 6.45) is -2.58. The van der Waals surface area contributed by atoms with Gasteiger partial charge >= 0.3 is 24.3 Å². The molecule has 2 amide bonds. The molecule has 2 spiro atoms. The molecule has 1 unspecified atom stereocenters. The van der Waals surface area contributed by atoms with Crippen molar-refractivity contribution >= 4 is 29.7 Å². The minimum absolute atomic E-state index is 0.0318. The molecule has 0 aromatic carbocycles. The van der Waals surface area contributed by atoms with Crippen LogP contribution in [-0.4, -0.2) is 111 Å². The predicted molar refractivity (Wildman–Crippen MR) is 138 cm³/mol. The van der Waals surface area contributed by atoms with Crippen LogP contribution < -0.4 is 4.90 Å². The normalized spacial score (nSPS) is 21.0. The van der Waals surface area contributed by atoms with E-state index < -0.39 is 29.7 Å². The van der Waals surface area contributed by atoms with Gasteiger partial charge < -0.3 is 24.9 Å². The number of aromatic nitrogens is 3. The molecule has 2 N–H and O–H groups in total. The van der Waals surface area contributed by atoms with Crippen LogP contribution in [0.5, 0.6) is 0 Å². The van der Waals surface area contributed by atoms with Gasteiger partial charge in [0.2, 0.25) is 11.9 Å². The number of likely N-dealkylation sites (tertiary alicyclic amines) is 2. The van der Waals surface area contributed by atoms with Gasteiger partial charge in [0.15, 0.2) is 0 Å². The molecule has 18 heteroatoms. The summed E-state index contributed by atoms with van der Waals surface area (Å²) in [4.78, 5) is 63.1. The second kappa shape index (κ2) is 13.0. The van der Waals surface area contributed by atoms with Crippen molar-refractivity contribution in [1.82, 2.24) is 24.8 Å². The van der Waals surface area contributed by atoms with Crippen LogP contribution in [0.2, 0.25) is 0 Å². The van der Waals surface area contributed by atoms with E-state index in [-0.39, 0.29) is 17.2 Å². The van der Waals surface area contributed by atoms with Gasteiger partial charge in [-0.25, -0.2) is 19.6 Å². The number of hydrogen-bond donors (Lipinski definition) is 2. The molecule has 2 aromatic rings. The fourth-order valence-corrected chi connectivity index (χ4v) is 5.66. The quantitative estimate of drug-likeness (QED) is 0.471. The van der Waals surface area contributed by atoms with Gasteiger partial charge in [-0.3, -0.25) is 14.6 Å². The van der Waals surface area contributed by atoms with Crippen molar-refractivity contribution in [1.29, 1.82) is 0 Å². The zero-order valence-corrected chi connectivity index (χ0v) is 23.2. The van der Waals surface area contributed by atoms with Crippen molar-refractivity contribution in [3.63, 3.8) is 0 Å². The number of nitrogens with zero attached hydrogens (tertiary/aromatic N) is 6. The van der Waals surface area contributed by atoms with Crippen LogP contribution in [-0.2, 0) is 14.4 Å². The molecule has 0 bridgehead atoms. The molecule has 3 saturated heterocycles. The van der Waals surface area contributed by atoms with Crippen molar-refractivity contribution < 1.29 is 55.7 Å². The maximum atomic E-state index is 13.4. The standard InChI is InChI=1S/C22H26N6O2.2C2HF3O2/c1-26-12-8-22(19(26)30)16-28(20-24-10-4-11-25-20)15-21(22)6-13-27(14-7-21)18(29)17-5-2-3-9-23-17;2*3-2(4,5)1(6)7/h2-5,9-11H,6-8,12-16H2,1H3;2*(H,6,7). The SMILES string of the molecule is CN1CCC2(CN(c3ncccn3)CC23CCN(C(=O)c2ccccn2)CC3)C1=O.O=C(O)C(F)(F)F.O=C(O)C(F)(F)F. The lowest BCUT2D eigenvalue weighted by Crippen LogP contribution is -2.53. The van der Waals surface area contributed by atoms with Crippen LogP contribution in [0.25, 0.3) is 0 Å². The molecule has 12 nitrogen and oxygen atoms in total. The molecular weight excluding hydrogens is 606 g/mol. The number of aliphatic carboxylic acids is 2. The fourth-order valence-electron chi connectivity index (χ4n) is 5.66. The first-order valence-electron chi connectivity index (χ1n) is 13.0. The molecule has 0 aliphatic carbocycles. The number of carboxylic acids is 2. The molecule has 3 fully saturated rings. The zero-order valence-electron chi connectivity index (χ0n) is 23.2. The van der Waals surface area contributed by atoms with Crippen LogP contribution >= 0.6 is 0 Å². The van der Waals surface area contributed by atoms with E-state index in [0.29, 0.717) is 31.3 Å². The van der Waals surface area contributed by atoms with Gasteiger partial charge in [-0.05, 0) is 37.5 Å². The first-order chi connectivity index (χ1) is 20.4. The molecule has 2 aromatic heterocycles. The van der Waals surface area contributed by atoms with E-state index >= 15 is 0 Å². The van der Waals surface area contributed by atoms with Crippen LogP contribution in [0.1, 0.15) is 29.8 Å². The number of halogens is 6. The van der Waals surface area contributed by atoms with E-state index in [1.807, 2.05) is 29.0 Å². The highest BCUT2D eigenvalue weighted by atomic mass is 19.4. The summed E-state index contributed by atoms with van der Waals surface area (Å²) >= 11 is 0. The van der Waals surface area contributed by atoms with E-state index in [9.17, 15) is 35.9 Å². The van der Waals surface area contributed by atoms with Crippen molar-refractivity contribution in [3.05, 3.63) is 48.5 Å². The maximum Gasteiger partial charge on any atom is 0.490 e. The third-order valence-electron chi connectivity index (χ3n) is 7.81. The number of pyridine rings is 1. The van der Waals surface area contributed by atoms with E-state index in [4.69, 9.17) is 19.8 Å². The van der Waals surface area contributed by atoms with Crippen molar-refractivity contribution in [2.45, 2.75) is 31.6 Å². The van der Waals surface area contributed by atoms with Crippen molar-refractivity contribution in [2.24, 2.45) is 10.8 Å². The molecule has 1 atom stereocenters. The molecule has 240 valence electrons. The number of piperidine rings is 1. The molecule has 3 aliphatic heterocycles. The fraction of sp³-hybridized carbons (Fsp3) is 0.500. The first-order valence-corrected chi connectivity index (χ1v) is 13.0. The third-order valence-corrected chi connectivity index (χ3v) is 7.81. The lowest BCUT2D eigenvalue weighted by Gasteiger charge is -2.46. The Morgan fingerprint density at radius 1 is 0.795 bits per heavy atom. The molecule has 3 aliphatic rings. The average Bonchev–Trinajstić information content (AvgIpc) is 3.45. The summed E-state index contributed by atoms with van der Waals surface area (Å²) in [5.41, 5.74) is -0.124. The lowest BCUT2D eigenvalue weighted by molar-refractivity contribution is -0.193. The highest BCUT2D eigenvalue weighted by Crippen LogP contribution is 2.58. The predicted octanol–water partition coefficient (Wildman–Crippen LogP) is 2.73. The van der Waals surface area contributed by atoms with Gasteiger partial charge in [-0.15, -0.1) is 0 Å². The van der Waals surface area contributed by atoms with Crippen LogP contribution in [0, 0.1) is 10.8 Å². The minimum Gasteiger partial charge on any atom is -0.475 e. The number of anilines is 1. The Labute approximate surface area is 246 Å². The summed E-state index contributed by atoms with van der Waals surface area (Å²) in [5, 5.41) is 14.2. The number of carbonyl (C=O) groups excluding carboxylic acids is 2. The molecule has 0 saturated carbocycles. The third kappa shape index (κ3) is 7.34. The molecule has 44 heavy (non-hydrogen) atoms. The highest BCUT2D eigenvalue weighted by molar-refractivity contribution is 5.92. The van der Waals surface area contributed by atoms with E-state index in [0.717, 1.165) is 32.4 Å². The van der Waals surface area contributed by atoms with Gasteiger partial charge in [0.25, 0.3) is 5.91 Å². The Morgan fingerprint density at radius 3 is 1.75 bits per heavy atom. The Morgan fingerprint density at radius 2 is 1.32 bits per heavy atom. The average molecular weight is 635 g/mol. The Kier molecular flexibility index (Phi) is 10.0. The van der Waals surface area contributed by atoms with Crippen LogP contribution in [0.15, 0.2) is 42.9 Å². The number of carbonyl (C=O) groups is 4. The number of amides is 2. The van der Waals surface area contributed by atoms with Gasteiger partial charge in [0.05, 0.1) is 5.41 Å². The highest BCUT2D eigenvalue weighted by Gasteiger charge is 2.65. The Bertz CT molecular complexity index is 1310. The summed E-state index contributed by atoms with van der Waals surface area (Å²) in [6, 6.07) is 7.21. The largest absolute Gasteiger partial charge is 0.490 e. The smallest absolute Gasteiger partial charge is 0.475 e. The maximum absolute atomic E-state index is 13.4. The number of carboxylic acid groups (broad SMARTS) is 2. The van der Waals surface area contributed by atoms with Gasteiger partial charge in [-0.1, -0.05) is 6.07 Å². The van der Waals surface area contributed by atoms with Gasteiger partial charge in [-0.2, -0.15) is 26.3 Å². The number of rotatable bonds is 2. The topological polar surface area (TPSA) is 157 Å². The lowest BCUT2D eigenvalue weighted by atomic mass is 9.60. The first kappa shape index (κ1) is 34.0. The molecule has 0 radical (unpaired) electrons. The van der Waals surface area contributed by atoms with Crippen molar-refractivity contribution in [3.8, 4) is 0 Å². The molecule has 5 heterocycles. The van der Waals surface area contributed by atoms with E-state index in [2.05, 4.69) is 19.9 Å². The summed E-state index contributed by atoms with van der Waals surface area (Å²) < 4.78 is 63.5.